The molecule has 1 saturated heterocycles. The van der Waals surface area contributed by atoms with Crippen molar-refractivity contribution in [3.8, 4) is 11.5 Å². The second-order valence-corrected chi connectivity index (χ2v) is 6.64. The van der Waals surface area contributed by atoms with Gasteiger partial charge in [0.15, 0.2) is 5.13 Å². The molecule has 5 nitrogen and oxygen atoms in total. The second kappa shape index (κ2) is 6.59. The number of carbonyl (C=O) groups is 1. The van der Waals surface area contributed by atoms with Crippen molar-refractivity contribution < 1.29 is 14.3 Å². The van der Waals surface area contributed by atoms with E-state index in [1.165, 1.54) is 11.3 Å². The Labute approximate surface area is 143 Å². The summed E-state index contributed by atoms with van der Waals surface area (Å²) in [6.07, 6.45) is 0.770. The highest BCUT2D eigenvalue weighted by Gasteiger charge is 2.24. The minimum Gasteiger partial charge on any atom is -0.457 e. The van der Waals surface area contributed by atoms with E-state index in [0.717, 1.165) is 28.1 Å². The number of hydrogen-bond acceptors (Lipinski definition) is 5. The normalized spacial score (nSPS) is 17.1. The number of benzene rings is 2. The van der Waals surface area contributed by atoms with Crippen LogP contribution in [0.1, 0.15) is 6.42 Å². The molecule has 1 aliphatic rings. The van der Waals surface area contributed by atoms with E-state index >= 15 is 0 Å². The van der Waals surface area contributed by atoms with Crippen LogP contribution in [0, 0.1) is 5.92 Å². The second-order valence-electron chi connectivity index (χ2n) is 5.61. The minimum absolute atomic E-state index is 0.0210. The van der Waals surface area contributed by atoms with Crippen molar-refractivity contribution in [1.82, 2.24) is 4.98 Å². The molecule has 0 bridgehead atoms. The van der Waals surface area contributed by atoms with E-state index in [1.54, 1.807) is 0 Å². The molecule has 1 amide bonds. The van der Waals surface area contributed by atoms with Gasteiger partial charge in [-0.3, -0.25) is 4.79 Å². The van der Waals surface area contributed by atoms with Gasteiger partial charge in [0, 0.05) is 12.7 Å². The molecule has 0 unspecified atom stereocenters. The predicted molar refractivity (Wildman–Crippen MR) is 93.7 cm³/mol. The van der Waals surface area contributed by atoms with Crippen LogP contribution in [0.5, 0.6) is 11.5 Å². The Hall–Kier alpha value is -2.44. The van der Waals surface area contributed by atoms with E-state index in [1.807, 2.05) is 48.5 Å². The van der Waals surface area contributed by atoms with Gasteiger partial charge in [-0.1, -0.05) is 29.5 Å². The van der Waals surface area contributed by atoms with Gasteiger partial charge in [-0.25, -0.2) is 4.98 Å². The monoisotopic (exact) mass is 340 g/mol. The van der Waals surface area contributed by atoms with E-state index in [2.05, 4.69) is 10.3 Å². The van der Waals surface area contributed by atoms with Crippen LogP contribution in [0.4, 0.5) is 5.13 Å². The van der Waals surface area contributed by atoms with E-state index in [9.17, 15) is 4.79 Å². The van der Waals surface area contributed by atoms with Crippen molar-refractivity contribution in [2.24, 2.45) is 5.92 Å². The fourth-order valence-electron chi connectivity index (χ4n) is 2.60. The van der Waals surface area contributed by atoms with Gasteiger partial charge in [0.2, 0.25) is 5.91 Å². The molecule has 2 heterocycles. The third-order valence-corrected chi connectivity index (χ3v) is 4.80. The number of hydrogen-bond donors (Lipinski definition) is 1. The molecule has 2 aromatic carbocycles. The fourth-order valence-corrected chi connectivity index (χ4v) is 3.49. The molecule has 3 aromatic rings. The van der Waals surface area contributed by atoms with Gasteiger partial charge in [0.1, 0.15) is 11.5 Å². The van der Waals surface area contributed by atoms with Gasteiger partial charge in [-0.05, 0) is 30.7 Å². The molecule has 1 aliphatic heterocycles. The van der Waals surface area contributed by atoms with Crippen molar-refractivity contribution in [3.63, 3.8) is 0 Å². The summed E-state index contributed by atoms with van der Waals surface area (Å²) in [5.41, 5.74) is 0.846. The molecule has 1 fully saturated rings. The lowest BCUT2D eigenvalue weighted by Crippen LogP contribution is -2.22. The van der Waals surface area contributed by atoms with Crippen LogP contribution in [0.2, 0.25) is 0 Å². The Morgan fingerprint density at radius 2 is 2.08 bits per heavy atom. The summed E-state index contributed by atoms with van der Waals surface area (Å²) in [5, 5.41) is 3.50. The molecule has 0 spiro atoms. The average molecular weight is 340 g/mol. The van der Waals surface area contributed by atoms with Gasteiger partial charge in [0.05, 0.1) is 22.7 Å². The van der Waals surface area contributed by atoms with Crippen molar-refractivity contribution in [3.05, 3.63) is 48.5 Å². The van der Waals surface area contributed by atoms with Crippen molar-refractivity contribution in [2.75, 3.05) is 18.5 Å². The maximum absolute atomic E-state index is 12.2. The summed E-state index contributed by atoms with van der Waals surface area (Å²) in [6.45, 7) is 1.14. The molecular formula is C18H16N2O3S. The molecule has 0 aliphatic carbocycles. The van der Waals surface area contributed by atoms with E-state index < -0.39 is 0 Å². The van der Waals surface area contributed by atoms with Crippen LogP contribution in [0.3, 0.4) is 0 Å². The van der Waals surface area contributed by atoms with E-state index in [4.69, 9.17) is 9.47 Å². The number of amides is 1. The summed E-state index contributed by atoms with van der Waals surface area (Å²) in [4.78, 5) is 16.6. The summed E-state index contributed by atoms with van der Waals surface area (Å²) in [7, 11) is 0. The molecule has 1 aromatic heterocycles. The minimum atomic E-state index is -0.0750. The highest BCUT2D eigenvalue weighted by Crippen LogP contribution is 2.31. The number of carbonyl (C=O) groups excluding carboxylic acids is 1. The van der Waals surface area contributed by atoms with Crippen LogP contribution in [0.25, 0.3) is 10.2 Å². The Bertz CT molecular complexity index is 857. The molecule has 6 heteroatoms. The smallest absolute Gasteiger partial charge is 0.231 e. The van der Waals surface area contributed by atoms with E-state index in [0.29, 0.717) is 18.3 Å². The van der Waals surface area contributed by atoms with Gasteiger partial charge in [0.25, 0.3) is 0 Å². The first kappa shape index (κ1) is 15.1. The zero-order valence-corrected chi connectivity index (χ0v) is 13.7. The van der Waals surface area contributed by atoms with E-state index in [-0.39, 0.29) is 11.8 Å². The molecule has 1 atom stereocenters. The standard InChI is InChI=1S/C18H16N2O3S/c21-17(12-8-9-22-11-12)20-18-19-15-7-6-14(10-16(15)24-18)23-13-4-2-1-3-5-13/h1-7,10,12H,8-9,11H2,(H,19,20,21)/t12-/m1/s1. The highest BCUT2D eigenvalue weighted by molar-refractivity contribution is 7.22. The van der Waals surface area contributed by atoms with Crippen LogP contribution < -0.4 is 10.1 Å². The third-order valence-electron chi connectivity index (χ3n) is 3.87. The molecule has 24 heavy (non-hydrogen) atoms. The molecule has 0 saturated carbocycles. The number of nitrogens with one attached hydrogen (secondary N) is 1. The van der Waals surface area contributed by atoms with Crippen molar-refractivity contribution in [2.45, 2.75) is 6.42 Å². The van der Waals surface area contributed by atoms with Crippen LogP contribution in [-0.4, -0.2) is 24.1 Å². The first-order chi connectivity index (χ1) is 11.8. The first-order valence-corrected chi connectivity index (χ1v) is 8.62. The Morgan fingerprint density at radius 3 is 2.88 bits per heavy atom. The number of rotatable bonds is 4. The number of thiazole rings is 1. The van der Waals surface area contributed by atoms with Crippen molar-refractivity contribution in [1.29, 1.82) is 0 Å². The average Bonchev–Trinajstić information content (AvgIpc) is 3.24. The van der Waals surface area contributed by atoms with Crippen LogP contribution >= 0.6 is 11.3 Å². The largest absolute Gasteiger partial charge is 0.457 e. The number of nitrogens with zero attached hydrogens (tertiary/aromatic N) is 1. The summed E-state index contributed by atoms with van der Waals surface area (Å²) in [6, 6.07) is 15.3. The van der Waals surface area contributed by atoms with Gasteiger partial charge in [-0.2, -0.15) is 0 Å². The number of fused-ring (bicyclic) bond motifs is 1. The number of aromatic nitrogens is 1. The van der Waals surface area contributed by atoms with Gasteiger partial charge >= 0.3 is 0 Å². The Balaban J connectivity index is 1.51. The molecular weight excluding hydrogens is 324 g/mol. The fraction of sp³-hybridized carbons (Fsp3) is 0.222. The lowest BCUT2D eigenvalue weighted by Gasteiger charge is -2.05. The Morgan fingerprint density at radius 1 is 1.21 bits per heavy atom. The number of para-hydroxylation sites is 1. The number of ether oxygens (including phenoxy) is 2. The maximum atomic E-state index is 12.2. The zero-order chi connectivity index (χ0) is 16.4. The lowest BCUT2D eigenvalue weighted by molar-refractivity contribution is -0.119. The van der Waals surface area contributed by atoms with Gasteiger partial charge in [-0.15, -0.1) is 0 Å². The SMILES string of the molecule is O=C(Nc1nc2ccc(Oc3ccccc3)cc2s1)[C@@H]1CCOC1. The Kier molecular flexibility index (Phi) is 4.15. The maximum Gasteiger partial charge on any atom is 0.231 e. The highest BCUT2D eigenvalue weighted by atomic mass is 32.1. The quantitative estimate of drug-likeness (QED) is 0.778. The van der Waals surface area contributed by atoms with Gasteiger partial charge < -0.3 is 14.8 Å². The summed E-state index contributed by atoms with van der Waals surface area (Å²) in [5.74, 6) is 1.44. The molecule has 4 rings (SSSR count). The molecule has 122 valence electrons. The van der Waals surface area contributed by atoms with Crippen molar-refractivity contribution >= 4 is 32.6 Å². The lowest BCUT2D eigenvalue weighted by atomic mass is 10.1. The summed E-state index contributed by atoms with van der Waals surface area (Å²) >= 11 is 1.45. The number of anilines is 1. The first-order valence-electron chi connectivity index (χ1n) is 7.80. The molecule has 1 N–H and O–H groups in total. The summed E-state index contributed by atoms with van der Waals surface area (Å²) < 4.78 is 12.1. The zero-order valence-electron chi connectivity index (χ0n) is 12.9. The molecule has 0 radical (unpaired) electrons. The van der Waals surface area contributed by atoms with Crippen LogP contribution in [0.15, 0.2) is 48.5 Å². The van der Waals surface area contributed by atoms with Crippen LogP contribution in [-0.2, 0) is 9.53 Å². The topological polar surface area (TPSA) is 60.5 Å². The predicted octanol–water partition coefficient (Wildman–Crippen LogP) is 4.06. The third kappa shape index (κ3) is 3.25.